The minimum atomic E-state index is 0. The summed E-state index contributed by atoms with van der Waals surface area (Å²) in [5.74, 6) is 3.64. The average Bonchev–Trinajstić information content (AvgIpc) is 4.37. The Morgan fingerprint density at radius 2 is 0.342 bits per heavy atom. The molecular formula is C58H26Cu2N16. The van der Waals surface area contributed by atoms with Crippen LogP contribution in [0.15, 0.2) is 158 Å². The van der Waals surface area contributed by atoms with Crippen LogP contribution in [0.2, 0.25) is 0 Å². The molecule has 0 N–H and O–H groups in total. The molecule has 10 heterocycles. The van der Waals surface area contributed by atoms with Gasteiger partial charge in [-0.25, -0.2) is 19.9 Å². The van der Waals surface area contributed by atoms with Crippen LogP contribution in [-0.4, -0.2) is 59.8 Å². The summed E-state index contributed by atoms with van der Waals surface area (Å²) in [4.78, 5) is 82.2. The molecule has 0 aliphatic carbocycles. The zero-order chi connectivity index (χ0) is 48.2. The molecule has 0 atom stereocenters. The Bertz CT molecular complexity index is 4460. The molecule has 76 heavy (non-hydrogen) atoms. The molecule has 0 spiro atoms. The van der Waals surface area contributed by atoms with Crippen LogP contribution >= 0.6 is 0 Å². The maximum absolute atomic E-state index is 5.26. The van der Waals surface area contributed by atoms with E-state index in [4.69, 9.17) is 79.7 Å². The molecule has 16 bridgehead atoms. The van der Waals surface area contributed by atoms with Crippen molar-refractivity contribution >= 4 is 88.3 Å². The smallest absolute Gasteiger partial charge is 0.357 e. The van der Waals surface area contributed by atoms with Gasteiger partial charge in [-0.1, -0.05) is 146 Å². The largest absolute Gasteiger partial charge is 2.00 e. The fraction of sp³-hybridized carbons (Fsp3) is 0. The summed E-state index contributed by atoms with van der Waals surface area (Å²) >= 11 is 0. The molecule has 0 unspecified atom stereocenters. The number of aromatic nitrogens is 16. The van der Waals surface area contributed by atoms with Crippen LogP contribution in [0.3, 0.4) is 0 Å². The molecule has 0 saturated carbocycles. The maximum atomic E-state index is 5.26. The van der Waals surface area contributed by atoms with Crippen molar-refractivity contribution in [1.82, 2.24) is 79.7 Å². The van der Waals surface area contributed by atoms with Gasteiger partial charge in [-0.3, -0.25) is 0 Å². The maximum Gasteiger partial charge on any atom is 2.00 e. The first-order valence-corrected chi connectivity index (χ1v) is 23.8. The predicted octanol–water partition coefficient (Wildman–Crippen LogP) is 10.6. The van der Waals surface area contributed by atoms with E-state index in [1.807, 2.05) is 158 Å². The summed E-state index contributed by atoms with van der Waals surface area (Å²) < 4.78 is 0. The normalized spacial score (nSPS) is 12.0. The quantitative estimate of drug-likeness (QED) is 0.129. The van der Waals surface area contributed by atoms with E-state index in [-0.39, 0.29) is 34.1 Å². The Morgan fingerprint density at radius 3 is 0.526 bits per heavy atom. The molecular weight excluding hydrogens is 1050 g/mol. The van der Waals surface area contributed by atoms with Gasteiger partial charge in [0.2, 0.25) is 0 Å². The zero-order valence-electron chi connectivity index (χ0n) is 38.8. The summed E-state index contributed by atoms with van der Waals surface area (Å²) in [7, 11) is 0. The first-order chi connectivity index (χ1) is 36.6. The van der Waals surface area contributed by atoms with Gasteiger partial charge in [-0.05, 0) is 55.2 Å². The van der Waals surface area contributed by atoms with Gasteiger partial charge in [-0.15, -0.1) is 0 Å². The fourth-order valence-corrected chi connectivity index (χ4v) is 10.5. The van der Waals surface area contributed by atoms with Crippen LogP contribution in [0.25, 0.3) is 179 Å². The van der Waals surface area contributed by atoms with Gasteiger partial charge in [0.25, 0.3) is 0 Å². The van der Waals surface area contributed by atoms with Crippen molar-refractivity contribution in [3.63, 3.8) is 0 Å². The van der Waals surface area contributed by atoms with E-state index in [1.165, 1.54) is 0 Å². The fourth-order valence-electron chi connectivity index (χ4n) is 10.5. The van der Waals surface area contributed by atoms with Crippen LogP contribution in [-0.2, 0) is 34.1 Å². The molecule has 7 aromatic carbocycles. The van der Waals surface area contributed by atoms with Crippen molar-refractivity contribution < 1.29 is 34.1 Å². The minimum absolute atomic E-state index is 0. The Morgan fingerprint density at radius 1 is 0.184 bits per heavy atom. The van der Waals surface area contributed by atoms with Crippen LogP contribution in [0, 0.1) is 0 Å². The van der Waals surface area contributed by atoms with E-state index >= 15 is 0 Å². The Hall–Kier alpha value is -9.70. The van der Waals surface area contributed by atoms with Crippen LogP contribution in [0.4, 0.5) is 0 Å². The summed E-state index contributed by atoms with van der Waals surface area (Å²) in [5.41, 5.74) is 9.94. The van der Waals surface area contributed by atoms with E-state index < -0.39 is 0 Å². The third-order valence-corrected chi connectivity index (χ3v) is 14.0. The molecule has 13 aromatic rings. The number of hydrogen-bond acceptors (Lipinski definition) is 12. The Kier molecular flexibility index (Phi) is 9.46. The summed E-state index contributed by atoms with van der Waals surface area (Å²) in [6.07, 6.45) is 0. The first kappa shape index (κ1) is 43.8. The molecule has 6 aromatic heterocycles. The number of nitrogens with zero attached hydrogens (tertiary/aromatic N) is 16. The van der Waals surface area contributed by atoms with Gasteiger partial charge in [0, 0.05) is 89.7 Å². The second-order valence-corrected chi connectivity index (χ2v) is 18.2. The Labute approximate surface area is 448 Å². The van der Waals surface area contributed by atoms with E-state index in [0.717, 1.165) is 66.1 Å². The van der Waals surface area contributed by atoms with E-state index in [0.29, 0.717) is 113 Å². The van der Waals surface area contributed by atoms with Gasteiger partial charge in [0.15, 0.2) is 0 Å². The van der Waals surface area contributed by atoms with Crippen molar-refractivity contribution in [3.8, 4) is 91.1 Å². The molecule has 17 rings (SSSR count). The molecule has 0 saturated heterocycles. The van der Waals surface area contributed by atoms with Crippen molar-refractivity contribution in [1.29, 1.82) is 0 Å². The second-order valence-electron chi connectivity index (χ2n) is 18.2. The number of rotatable bonds is 0. The van der Waals surface area contributed by atoms with Gasteiger partial charge in [-0.2, -0.15) is 0 Å². The van der Waals surface area contributed by atoms with Gasteiger partial charge in [0.1, 0.15) is 0 Å². The summed E-state index contributed by atoms with van der Waals surface area (Å²) in [6.45, 7) is 0. The van der Waals surface area contributed by atoms with Crippen LogP contribution < -0.4 is 19.9 Å². The van der Waals surface area contributed by atoms with Gasteiger partial charge in [0.05, 0.1) is 46.6 Å². The molecule has 2 radical (unpaired) electrons. The summed E-state index contributed by atoms with van der Waals surface area (Å²) in [6, 6.07) is 51.5. The molecule has 18 heteroatoms. The first-order valence-electron chi connectivity index (χ1n) is 23.8. The SMILES string of the molecule is [Cu+2].[Cu+2].c1ccc2c(c1)-c1nc-2nc2[n-]c(nc3nc(nc4[n-]c(n1)c1ccccc41)-c1ccccc1-3)c1cc3c4nc5nc(nc6[n-]c(nc7nc(nc([n-]4)c3cc21)-c1ccccc1-7)c1ccccc61)-c1ccccc1-5. The molecule has 4 aliphatic heterocycles. The Balaban J connectivity index is 0.00000253. The topological polar surface area (TPSA) is 211 Å². The summed E-state index contributed by atoms with van der Waals surface area (Å²) in [5, 5.41) is 6.08. The number of hydrogen-bond donors (Lipinski definition) is 0. The van der Waals surface area contributed by atoms with Crippen LogP contribution in [0.1, 0.15) is 0 Å². The van der Waals surface area contributed by atoms with Crippen molar-refractivity contribution in [3.05, 3.63) is 158 Å². The van der Waals surface area contributed by atoms with Gasteiger partial charge < -0.3 is 59.8 Å². The van der Waals surface area contributed by atoms with E-state index in [9.17, 15) is 0 Å². The van der Waals surface area contributed by atoms with Crippen molar-refractivity contribution in [2.45, 2.75) is 0 Å². The van der Waals surface area contributed by atoms with Crippen molar-refractivity contribution in [2.75, 3.05) is 0 Å². The predicted molar refractivity (Wildman–Crippen MR) is 282 cm³/mol. The zero-order valence-corrected chi connectivity index (χ0v) is 40.7. The average molecular weight is 1070 g/mol. The van der Waals surface area contributed by atoms with Crippen molar-refractivity contribution in [2.24, 2.45) is 0 Å². The molecule has 4 aliphatic rings. The van der Waals surface area contributed by atoms with Crippen LogP contribution in [0.5, 0.6) is 0 Å². The molecule has 360 valence electrons. The second kappa shape index (κ2) is 16.4. The molecule has 0 fully saturated rings. The van der Waals surface area contributed by atoms with Gasteiger partial charge >= 0.3 is 34.1 Å². The molecule has 0 amide bonds. The van der Waals surface area contributed by atoms with E-state index in [2.05, 4.69) is 0 Å². The molecule has 16 nitrogen and oxygen atoms in total. The number of benzene rings is 7. The number of fused-ring (bicyclic) bond motifs is 40. The third kappa shape index (κ3) is 6.42. The third-order valence-electron chi connectivity index (χ3n) is 14.0. The minimum Gasteiger partial charge on any atom is -0.357 e. The monoisotopic (exact) mass is 1070 g/mol. The standard InChI is InChI=1S/C58H26N16.2Cu/c1-2-14-28-27(13-1)43-59-44(28)62-48-32-18-6-10-22-36(32)52(66-48)70-56-40-26-42-41(25-39(40)55(73-56)69-51-35-21-9-5-17-31(35)47(61-43)65-51)57-71-53-37-23-11-7-19-33(37)49(67-53)63-45-29-15-3-4-16-30(29)46(60-45)64-50-34-20-8-12-24-38(34)54(68-50)72-58(42)74-57;;/h1-26H;;/q-4;2*+2. The van der Waals surface area contributed by atoms with E-state index in [1.54, 1.807) is 0 Å².